The van der Waals surface area contributed by atoms with Crippen LogP contribution in [0.25, 0.3) is 0 Å². The van der Waals surface area contributed by atoms with E-state index >= 15 is 0 Å². The molecule has 0 radical (unpaired) electrons. The van der Waals surface area contributed by atoms with E-state index in [1.54, 1.807) is 0 Å². The van der Waals surface area contributed by atoms with E-state index in [1.807, 2.05) is 53.2 Å². The Labute approximate surface area is 184 Å². The van der Waals surface area contributed by atoms with Gasteiger partial charge in [0.15, 0.2) is 0 Å². The Balaban J connectivity index is 2.88. The topological polar surface area (TPSA) is 134 Å². The number of amides is 2. The number of thiol groups is 1. The molecule has 8 nitrogen and oxygen atoms in total. The lowest BCUT2D eigenvalue weighted by Crippen LogP contribution is -2.55. The summed E-state index contributed by atoms with van der Waals surface area (Å²) in [6.45, 7) is 0.551. The number of nitrogens with one attached hydrogen (secondary N) is 3. The fourth-order valence-corrected chi connectivity index (χ4v) is 3.36. The highest BCUT2D eigenvalue weighted by Crippen LogP contribution is 2.07. The number of aliphatic carboxylic acids is 1. The summed E-state index contributed by atoms with van der Waals surface area (Å²) in [4.78, 5) is 36.5. The van der Waals surface area contributed by atoms with Crippen LogP contribution in [0.3, 0.4) is 0 Å². The standard InChI is InChI=1S/C18H27IN4O4S/c19-23-13(8-4-5-9-20)16(24)21-14(10-12-6-2-1-3-7-12)17(25)22-15(11-28)18(26)27/h1-3,6-7,13-15,23,28H,4-5,8-11,20H2,(H,21,24)(H,22,25)(H,26,27)/t13-,14-,15-/m0/s1. The van der Waals surface area contributed by atoms with E-state index in [4.69, 9.17) is 10.8 Å². The summed E-state index contributed by atoms with van der Waals surface area (Å²) in [5, 5.41) is 14.3. The minimum atomic E-state index is -1.18. The van der Waals surface area contributed by atoms with Gasteiger partial charge in [0.25, 0.3) is 0 Å². The highest BCUT2D eigenvalue weighted by atomic mass is 127. The predicted molar refractivity (Wildman–Crippen MR) is 119 cm³/mol. The van der Waals surface area contributed by atoms with Crippen LogP contribution in [0.1, 0.15) is 24.8 Å². The van der Waals surface area contributed by atoms with Crippen molar-refractivity contribution in [2.24, 2.45) is 5.73 Å². The Kier molecular flexibility index (Phi) is 12.1. The highest BCUT2D eigenvalue weighted by molar-refractivity contribution is 14.1. The molecule has 0 aromatic heterocycles. The number of benzene rings is 1. The zero-order chi connectivity index (χ0) is 20.9. The number of hydrogen-bond acceptors (Lipinski definition) is 6. The summed E-state index contributed by atoms with van der Waals surface area (Å²) in [5.74, 6) is -2.11. The number of carboxylic acid groups (broad SMARTS) is 1. The first-order chi connectivity index (χ1) is 13.4. The molecule has 0 bridgehead atoms. The molecule has 0 aliphatic heterocycles. The van der Waals surface area contributed by atoms with Crippen LogP contribution < -0.4 is 19.9 Å². The summed E-state index contributed by atoms with van der Waals surface area (Å²) in [7, 11) is 0. The molecular weight excluding hydrogens is 495 g/mol. The minimum Gasteiger partial charge on any atom is -0.480 e. The lowest BCUT2D eigenvalue weighted by molar-refractivity contribution is -0.141. The summed E-state index contributed by atoms with van der Waals surface area (Å²) in [6.07, 6.45) is 2.41. The Hall–Kier alpha value is -1.37. The number of rotatable bonds is 13. The van der Waals surface area contributed by atoms with Gasteiger partial charge < -0.3 is 21.5 Å². The number of carboxylic acids is 1. The van der Waals surface area contributed by atoms with Crippen molar-refractivity contribution >= 4 is 53.3 Å². The molecule has 1 rings (SSSR count). The van der Waals surface area contributed by atoms with E-state index in [0.717, 1.165) is 18.4 Å². The average molecular weight is 522 g/mol. The maximum Gasteiger partial charge on any atom is 0.327 e. The van der Waals surface area contributed by atoms with Crippen LogP contribution >= 0.6 is 35.5 Å². The van der Waals surface area contributed by atoms with E-state index in [2.05, 4.69) is 26.8 Å². The summed E-state index contributed by atoms with van der Waals surface area (Å²) >= 11 is 5.87. The van der Waals surface area contributed by atoms with Crippen molar-refractivity contribution < 1.29 is 19.5 Å². The normalized spacial score (nSPS) is 14.0. The number of carbonyl (C=O) groups is 3. The van der Waals surface area contributed by atoms with Crippen LogP contribution in [-0.4, -0.2) is 53.3 Å². The van der Waals surface area contributed by atoms with Crippen LogP contribution in [0.4, 0.5) is 0 Å². The van der Waals surface area contributed by atoms with Gasteiger partial charge in [-0.3, -0.25) is 9.59 Å². The molecule has 156 valence electrons. The second kappa shape index (κ2) is 13.7. The molecule has 10 heteroatoms. The van der Waals surface area contributed by atoms with Gasteiger partial charge in [-0.2, -0.15) is 12.6 Å². The van der Waals surface area contributed by atoms with E-state index in [1.165, 1.54) is 0 Å². The molecule has 0 saturated carbocycles. The molecule has 1 aromatic rings. The average Bonchev–Trinajstić information content (AvgIpc) is 2.69. The number of unbranched alkanes of at least 4 members (excludes halogenated alkanes) is 1. The molecule has 0 saturated heterocycles. The molecule has 1 aromatic carbocycles. The molecular formula is C18H27IN4O4S. The molecule has 0 aliphatic rings. The van der Waals surface area contributed by atoms with Gasteiger partial charge in [0, 0.05) is 35.0 Å². The number of carbonyl (C=O) groups excluding carboxylic acids is 2. The third-order valence-electron chi connectivity index (χ3n) is 4.11. The van der Waals surface area contributed by atoms with Crippen molar-refractivity contribution in [1.29, 1.82) is 0 Å². The van der Waals surface area contributed by atoms with Gasteiger partial charge in [-0.1, -0.05) is 36.8 Å². The van der Waals surface area contributed by atoms with E-state index in [0.29, 0.717) is 13.0 Å². The Bertz CT molecular complexity index is 635. The molecule has 3 atom stereocenters. The van der Waals surface area contributed by atoms with Gasteiger partial charge in [0.1, 0.15) is 12.1 Å². The number of hydrogen-bond donors (Lipinski definition) is 6. The second-order valence-electron chi connectivity index (χ2n) is 6.28. The van der Waals surface area contributed by atoms with E-state index < -0.39 is 30.0 Å². The van der Waals surface area contributed by atoms with Crippen molar-refractivity contribution in [2.75, 3.05) is 12.3 Å². The van der Waals surface area contributed by atoms with Gasteiger partial charge in [-0.05, 0) is 24.9 Å². The van der Waals surface area contributed by atoms with Gasteiger partial charge in [-0.15, -0.1) is 0 Å². The van der Waals surface area contributed by atoms with Crippen molar-refractivity contribution in [3.63, 3.8) is 0 Å². The van der Waals surface area contributed by atoms with Crippen LogP contribution in [0.2, 0.25) is 0 Å². The molecule has 0 aliphatic carbocycles. The minimum absolute atomic E-state index is 0.0515. The summed E-state index contributed by atoms with van der Waals surface area (Å²) in [5.41, 5.74) is 6.34. The molecule has 28 heavy (non-hydrogen) atoms. The highest BCUT2D eigenvalue weighted by Gasteiger charge is 2.28. The van der Waals surface area contributed by atoms with Crippen LogP contribution in [-0.2, 0) is 20.8 Å². The number of halogens is 1. The first-order valence-electron chi connectivity index (χ1n) is 8.97. The SMILES string of the molecule is NCCCC[C@H](NI)C(=O)N[C@@H](Cc1ccccc1)C(=O)N[C@@H](CS)C(=O)O. The van der Waals surface area contributed by atoms with Crippen molar-refractivity contribution in [3.8, 4) is 0 Å². The smallest absolute Gasteiger partial charge is 0.327 e. The molecule has 0 heterocycles. The predicted octanol–water partition coefficient (Wildman–Crippen LogP) is 0.650. The van der Waals surface area contributed by atoms with E-state index in [9.17, 15) is 14.4 Å². The van der Waals surface area contributed by atoms with Crippen molar-refractivity contribution in [1.82, 2.24) is 14.2 Å². The third kappa shape index (κ3) is 8.76. The van der Waals surface area contributed by atoms with Crippen molar-refractivity contribution in [2.45, 2.75) is 43.8 Å². The Morgan fingerprint density at radius 3 is 2.18 bits per heavy atom. The summed E-state index contributed by atoms with van der Waals surface area (Å²) in [6, 6.07) is 6.70. The first kappa shape index (κ1) is 24.7. The lowest BCUT2D eigenvalue weighted by Gasteiger charge is -2.23. The maximum absolute atomic E-state index is 12.7. The molecule has 2 amide bonds. The Morgan fingerprint density at radius 1 is 1.04 bits per heavy atom. The summed E-state index contributed by atoms with van der Waals surface area (Å²) < 4.78 is 2.92. The van der Waals surface area contributed by atoms with Gasteiger partial charge in [-0.25, -0.2) is 8.32 Å². The molecule has 6 N–H and O–H groups in total. The fraction of sp³-hybridized carbons (Fsp3) is 0.500. The molecule has 0 unspecified atom stereocenters. The first-order valence-corrected chi connectivity index (χ1v) is 10.7. The van der Waals surface area contributed by atoms with Gasteiger partial charge in [0.05, 0.1) is 6.04 Å². The van der Waals surface area contributed by atoms with Crippen LogP contribution in [0.5, 0.6) is 0 Å². The zero-order valence-corrected chi connectivity index (χ0v) is 18.5. The Morgan fingerprint density at radius 2 is 1.64 bits per heavy atom. The molecule has 0 spiro atoms. The van der Waals surface area contributed by atoms with Gasteiger partial charge >= 0.3 is 5.97 Å². The van der Waals surface area contributed by atoms with Crippen molar-refractivity contribution in [3.05, 3.63) is 35.9 Å². The van der Waals surface area contributed by atoms with Crippen LogP contribution in [0.15, 0.2) is 30.3 Å². The molecule has 0 fully saturated rings. The van der Waals surface area contributed by atoms with Gasteiger partial charge in [0.2, 0.25) is 11.8 Å². The second-order valence-corrected chi connectivity index (χ2v) is 7.27. The quantitative estimate of drug-likeness (QED) is 0.0976. The lowest BCUT2D eigenvalue weighted by atomic mass is 10.0. The van der Waals surface area contributed by atoms with Crippen LogP contribution in [0, 0.1) is 0 Å². The number of nitrogens with two attached hydrogens (primary N) is 1. The monoisotopic (exact) mass is 522 g/mol. The largest absolute Gasteiger partial charge is 0.480 e. The maximum atomic E-state index is 12.7. The zero-order valence-electron chi connectivity index (χ0n) is 15.4. The fourth-order valence-electron chi connectivity index (χ4n) is 2.52. The third-order valence-corrected chi connectivity index (χ3v) is 5.22. The van der Waals surface area contributed by atoms with E-state index in [-0.39, 0.29) is 18.1 Å².